The van der Waals surface area contributed by atoms with Crippen LogP contribution in [0.3, 0.4) is 0 Å². The van der Waals surface area contributed by atoms with Crippen LogP contribution in [0.1, 0.15) is 126 Å². The predicted molar refractivity (Wildman–Crippen MR) is 338 cm³/mol. The van der Waals surface area contributed by atoms with E-state index in [2.05, 4.69) is 297 Å². The fraction of sp³-hybridized carbons (Fsp3) is 0.224. The van der Waals surface area contributed by atoms with Gasteiger partial charge in [0.1, 0.15) is 24.0 Å². The molecule has 2 aliphatic carbocycles. The van der Waals surface area contributed by atoms with Crippen LogP contribution in [-0.2, 0) is 27.1 Å². The van der Waals surface area contributed by atoms with Gasteiger partial charge in [0.2, 0.25) is 0 Å². The number of anilines is 4. The molecule has 11 aromatic rings. The first-order valence-corrected chi connectivity index (χ1v) is 28.9. The van der Waals surface area contributed by atoms with Gasteiger partial charge in [-0.3, -0.25) is 4.57 Å². The summed E-state index contributed by atoms with van der Waals surface area (Å²) >= 11 is 0. The van der Waals surface area contributed by atoms with Crippen molar-refractivity contribution in [1.82, 2.24) is 9.55 Å². The van der Waals surface area contributed by atoms with E-state index in [9.17, 15) is 0 Å². The molecule has 0 fully saturated rings. The van der Waals surface area contributed by atoms with Crippen LogP contribution in [0, 0.1) is 0 Å². The summed E-state index contributed by atoms with van der Waals surface area (Å²) in [5, 5.41) is 2.52. The number of ether oxygens (including phenoxy) is 1. The molecule has 0 amide bonds. The van der Waals surface area contributed by atoms with Gasteiger partial charge in [0.25, 0.3) is 0 Å². The van der Waals surface area contributed by atoms with E-state index in [1.54, 1.807) is 0 Å². The maximum atomic E-state index is 7.39. The first-order valence-electron chi connectivity index (χ1n) is 28.9. The fourth-order valence-electron chi connectivity index (χ4n) is 13.9. The molecular weight excluding hydrogens is 985 g/mol. The Morgan fingerprint density at radius 1 is 0.420 bits per heavy atom. The van der Waals surface area contributed by atoms with Crippen molar-refractivity contribution in [2.24, 2.45) is 0 Å². The lowest BCUT2D eigenvalue weighted by Crippen LogP contribution is -2.40. The molecule has 0 radical (unpaired) electrons. The van der Waals surface area contributed by atoms with E-state index >= 15 is 0 Å². The zero-order chi connectivity index (χ0) is 56.0. The maximum absolute atomic E-state index is 7.39. The maximum Gasteiger partial charge on any atom is 0.137 e. The van der Waals surface area contributed by atoms with Gasteiger partial charge in [0.15, 0.2) is 0 Å². The van der Waals surface area contributed by atoms with Gasteiger partial charge >= 0.3 is 0 Å². The molecule has 0 N–H and O–H groups in total. The van der Waals surface area contributed by atoms with E-state index in [-0.39, 0.29) is 21.7 Å². The third-order valence-corrected chi connectivity index (χ3v) is 18.0. The largest absolute Gasteiger partial charge is 0.457 e. The van der Waals surface area contributed by atoms with Crippen molar-refractivity contribution >= 4 is 44.6 Å². The molecule has 5 nitrogen and oxygen atoms in total. The Kier molecular flexibility index (Phi) is 11.2. The lowest BCUT2D eigenvalue weighted by Gasteiger charge is -2.47. The Labute approximate surface area is 478 Å². The van der Waals surface area contributed by atoms with E-state index in [0.717, 1.165) is 45.4 Å². The third-order valence-electron chi connectivity index (χ3n) is 18.0. The molecule has 0 saturated heterocycles. The van der Waals surface area contributed by atoms with Crippen LogP contribution in [0.15, 0.2) is 212 Å². The van der Waals surface area contributed by atoms with E-state index in [0.29, 0.717) is 6.67 Å². The topological polar surface area (TPSA) is 33.5 Å². The van der Waals surface area contributed by atoms with Crippen molar-refractivity contribution in [3.8, 4) is 39.6 Å². The summed E-state index contributed by atoms with van der Waals surface area (Å²) in [7, 11) is 0. The van der Waals surface area contributed by atoms with Gasteiger partial charge in [-0.1, -0.05) is 222 Å². The number of aromatic nitrogens is 2. The zero-order valence-corrected chi connectivity index (χ0v) is 48.6. The molecule has 3 aliphatic rings. The SMILES string of the molecule is CC(C)(C)c1cc(-c2cccc(-c3ccccc3)c2N2CN(c3cccc(Oc4cc5c6c7c(cccc7n(-c7cc(C(C)(C)C)ccn7)c6c4)C54c5ccccc5C(C)(C)c5ccccc54)c3)c3ccccc32)cc(C(C)(C)C)c1. The molecule has 81 heavy (non-hydrogen) atoms. The summed E-state index contributed by atoms with van der Waals surface area (Å²) in [6.45, 7) is 26.1. The number of fused-ring (bicyclic) bond motifs is 7. The van der Waals surface area contributed by atoms with Crippen LogP contribution >= 0.6 is 0 Å². The molecule has 3 heterocycles. The van der Waals surface area contributed by atoms with Gasteiger partial charge in [-0.25, -0.2) is 4.98 Å². The van der Waals surface area contributed by atoms with Crippen molar-refractivity contribution in [3.63, 3.8) is 0 Å². The lowest BCUT2D eigenvalue weighted by molar-refractivity contribution is 0.481. The highest BCUT2D eigenvalue weighted by Crippen LogP contribution is 2.63. The van der Waals surface area contributed by atoms with Gasteiger partial charge < -0.3 is 14.5 Å². The predicted octanol–water partition coefficient (Wildman–Crippen LogP) is 19.8. The number of pyridine rings is 1. The van der Waals surface area contributed by atoms with E-state index in [1.807, 2.05) is 6.20 Å². The molecule has 0 bridgehead atoms. The molecular formula is C76H70N4O. The summed E-state index contributed by atoms with van der Waals surface area (Å²) < 4.78 is 9.77. The number of benzene rings is 9. The molecule has 2 aromatic heterocycles. The first kappa shape index (κ1) is 50.5. The Morgan fingerprint density at radius 3 is 1.63 bits per heavy atom. The van der Waals surface area contributed by atoms with Crippen molar-refractivity contribution in [3.05, 3.63) is 263 Å². The molecule has 5 heteroatoms. The molecule has 14 rings (SSSR count). The Bertz CT molecular complexity index is 4270. The van der Waals surface area contributed by atoms with Gasteiger partial charge in [0, 0.05) is 51.3 Å². The van der Waals surface area contributed by atoms with Crippen molar-refractivity contribution in [1.29, 1.82) is 0 Å². The zero-order valence-electron chi connectivity index (χ0n) is 48.6. The minimum absolute atomic E-state index is 0.0385. The minimum atomic E-state index is -0.591. The standard InChI is InChI=1S/C76H70N4O/c1-72(2,3)50-38-39-77-68(43-50)80-66-37-23-34-62-69(66)70-63(76(62)60-32-17-15-30-58(60)75(10,11)59-31-16-18-33-61(59)76)45-55(46-67(70)80)81-54-27-21-26-53(44-54)78-47-79(65-36-20-19-35-64(65)78)71-56(48-24-13-12-14-25-48)28-22-29-57(71)49-40-51(73(4,5)6)42-52(41-49)74(7,8)9/h12-46H,47H2,1-11H3. The van der Waals surface area contributed by atoms with Crippen LogP contribution in [0.2, 0.25) is 0 Å². The van der Waals surface area contributed by atoms with Gasteiger partial charge in [-0.15, -0.1) is 0 Å². The number of nitrogens with zero attached hydrogens (tertiary/aromatic N) is 4. The molecule has 1 spiro atoms. The average molecular weight is 1060 g/mol. The van der Waals surface area contributed by atoms with Crippen LogP contribution in [-0.4, -0.2) is 16.2 Å². The summed E-state index contributed by atoms with van der Waals surface area (Å²) in [5.74, 6) is 2.44. The quantitative estimate of drug-likeness (QED) is 0.159. The van der Waals surface area contributed by atoms with Crippen molar-refractivity contribution in [2.45, 2.75) is 103 Å². The summed E-state index contributed by atoms with van der Waals surface area (Å²) in [4.78, 5) is 10.1. The Balaban J connectivity index is 0.931. The highest BCUT2D eigenvalue weighted by Gasteiger charge is 2.53. The van der Waals surface area contributed by atoms with Crippen molar-refractivity contribution < 1.29 is 4.74 Å². The van der Waals surface area contributed by atoms with E-state index < -0.39 is 5.41 Å². The lowest BCUT2D eigenvalue weighted by atomic mass is 9.55. The highest BCUT2D eigenvalue weighted by molar-refractivity contribution is 6.18. The monoisotopic (exact) mass is 1050 g/mol. The highest BCUT2D eigenvalue weighted by atomic mass is 16.5. The number of hydrogen-bond donors (Lipinski definition) is 0. The van der Waals surface area contributed by atoms with Crippen LogP contribution in [0.5, 0.6) is 11.5 Å². The van der Waals surface area contributed by atoms with Gasteiger partial charge in [0.05, 0.1) is 33.5 Å². The molecule has 400 valence electrons. The minimum Gasteiger partial charge on any atom is -0.457 e. The van der Waals surface area contributed by atoms with Gasteiger partial charge in [-0.05, 0) is 126 Å². The van der Waals surface area contributed by atoms with Gasteiger partial charge in [-0.2, -0.15) is 0 Å². The summed E-state index contributed by atoms with van der Waals surface area (Å²) in [6, 6.07) is 76.9. The average Bonchev–Trinajstić information content (AvgIpc) is 1.77. The Hall–Kier alpha value is -8.67. The second-order valence-electron chi connectivity index (χ2n) is 26.5. The summed E-state index contributed by atoms with van der Waals surface area (Å²) in [6.07, 6.45) is 1.97. The van der Waals surface area contributed by atoms with Crippen LogP contribution in [0.4, 0.5) is 22.7 Å². The first-order chi connectivity index (χ1) is 38.8. The molecule has 0 atom stereocenters. The second-order valence-corrected chi connectivity index (χ2v) is 26.5. The van der Waals surface area contributed by atoms with Crippen molar-refractivity contribution in [2.75, 3.05) is 16.5 Å². The summed E-state index contributed by atoms with van der Waals surface area (Å²) in [5.41, 5.74) is 22.4. The number of rotatable bonds is 7. The smallest absolute Gasteiger partial charge is 0.137 e. The third kappa shape index (κ3) is 7.75. The Morgan fingerprint density at radius 2 is 0.975 bits per heavy atom. The molecule has 0 unspecified atom stereocenters. The molecule has 9 aromatic carbocycles. The second kappa shape index (κ2) is 17.9. The molecule has 1 aliphatic heterocycles. The van der Waals surface area contributed by atoms with E-state index in [4.69, 9.17) is 9.72 Å². The van der Waals surface area contributed by atoms with Crippen LogP contribution < -0.4 is 14.5 Å². The van der Waals surface area contributed by atoms with E-state index in [1.165, 1.54) is 88.8 Å². The number of hydrogen-bond acceptors (Lipinski definition) is 4. The number of para-hydroxylation sites is 3. The normalized spacial score (nSPS) is 15.0. The molecule has 0 saturated carbocycles. The van der Waals surface area contributed by atoms with Crippen LogP contribution in [0.25, 0.3) is 49.9 Å². The fourth-order valence-corrected chi connectivity index (χ4v) is 13.9.